The highest BCUT2D eigenvalue weighted by molar-refractivity contribution is 5.34. The Balaban J connectivity index is 1.97. The number of aliphatic hydroxyl groups is 1. The molecule has 16 heavy (non-hydrogen) atoms. The van der Waals surface area contributed by atoms with Crippen LogP contribution in [0.25, 0.3) is 0 Å². The van der Waals surface area contributed by atoms with E-state index in [-0.39, 0.29) is 0 Å². The molecule has 0 bridgehead atoms. The molecule has 1 N–H and O–H groups in total. The Morgan fingerprint density at radius 1 is 1.25 bits per heavy atom. The van der Waals surface area contributed by atoms with Gasteiger partial charge in [-0.2, -0.15) is 0 Å². The molecule has 0 saturated heterocycles. The summed E-state index contributed by atoms with van der Waals surface area (Å²) in [5.74, 6) is 1.76. The van der Waals surface area contributed by atoms with Crippen molar-refractivity contribution in [3.63, 3.8) is 0 Å². The number of hydrogen-bond acceptors (Lipinski definition) is 1. The quantitative estimate of drug-likeness (QED) is 0.670. The molecule has 0 aliphatic heterocycles. The third kappa shape index (κ3) is 1.27. The molecule has 2 fully saturated rings. The normalized spacial score (nSPS) is 45.0. The van der Waals surface area contributed by atoms with Gasteiger partial charge in [0.25, 0.3) is 0 Å². The summed E-state index contributed by atoms with van der Waals surface area (Å²) >= 11 is 0. The van der Waals surface area contributed by atoms with Gasteiger partial charge in [0, 0.05) is 0 Å². The van der Waals surface area contributed by atoms with Crippen molar-refractivity contribution in [3.8, 4) is 0 Å². The topological polar surface area (TPSA) is 20.2 Å². The minimum Gasteiger partial charge on any atom is -0.392 e. The smallest absolute Gasteiger partial charge is 0.0644 e. The molecule has 2 saturated carbocycles. The Morgan fingerprint density at radius 3 is 2.56 bits per heavy atom. The van der Waals surface area contributed by atoms with Crippen LogP contribution in [0.5, 0.6) is 0 Å². The zero-order valence-corrected chi connectivity index (χ0v) is 10.8. The van der Waals surface area contributed by atoms with Crippen molar-refractivity contribution in [1.82, 2.24) is 0 Å². The van der Waals surface area contributed by atoms with E-state index in [1.807, 2.05) is 0 Å². The van der Waals surface area contributed by atoms with Gasteiger partial charge < -0.3 is 5.11 Å². The molecule has 0 amide bonds. The van der Waals surface area contributed by atoms with E-state index in [9.17, 15) is 5.11 Å². The lowest BCUT2D eigenvalue weighted by Gasteiger charge is -2.53. The van der Waals surface area contributed by atoms with Crippen LogP contribution >= 0.6 is 0 Å². The molecular formula is C15H24O. The Morgan fingerprint density at radius 2 is 2.00 bits per heavy atom. The highest BCUT2D eigenvalue weighted by Crippen LogP contribution is 2.66. The standard InChI is InChI=1S/C15H24O/c1-14(2)7-10-6-11(9-16)12-4-5-15(12,3)13(10)8-14/h10,13,16H,4-9H2,1-3H3/t10-,13+,15+/m1/s1. The first-order valence-corrected chi connectivity index (χ1v) is 6.78. The van der Waals surface area contributed by atoms with Gasteiger partial charge >= 0.3 is 0 Å². The molecule has 0 heterocycles. The minimum absolute atomic E-state index is 0.314. The van der Waals surface area contributed by atoms with Gasteiger partial charge in [0.15, 0.2) is 0 Å². The zero-order chi connectivity index (χ0) is 11.6. The van der Waals surface area contributed by atoms with E-state index < -0.39 is 0 Å². The van der Waals surface area contributed by atoms with Gasteiger partial charge in [-0.05, 0) is 60.3 Å². The number of rotatable bonds is 1. The first-order chi connectivity index (χ1) is 7.46. The van der Waals surface area contributed by atoms with Gasteiger partial charge in [0.05, 0.1) is 6.61 Å². The first kappa shape index (κ1) is 10.8. The van der Waals surface area contributed by atoms with E-state index in [0.29, 0.717) is 17.4 Å². The predicted octanol–water partition coefficient (Wildman–Crippen LogP) is 3.53. The van der Waals surface area contributed by atoms with Crippen molar-refractivity contribution < 1.29 is 5.11 Å². The summed E-state index contributed by atoms with van der Waals surface area (Å²) in [4.78, 5) is 0. The second-order valence-electron chi connectivity index (χ2n) is 7.30. The van der Waals surface area contributed by atoms with Crippen molar-refractivity contribution in [2.45, 2.75) is 52.9 Å². The molecule has 0 aromatic carbocycles. The fourth-order valence-electron chi connectivity index (χ4n) is 4.89. The summed E-state index contributed by atoms with van der Waals surface area (Å²) in [6.45, 7) is 7.62. The van der Waals surface area contributed by atoms with Gasteiger partial charge in [-0.3, -0.25) is 0 Å². The van der Waals surface area contributed by atoms with Crippen molar-refractivity contribution in [2.75, 3.05) is 6.61 Å². The number of allylic oxidation sites excluding steroid dienone is 1. The SMILES string of the molecule is CC1(C)C[C@H]2CC(CO)=C3CC[C@]3(C)[C@H]2C1. The zero-order valence-electron chi connectivity index (χ0n) is 10.8. The van der Waals surface area contributed by atoms with Crippen LogP contribution in [0.1, 0.15) is 52.9 Å². The van der Waals surface area contributed by atoms with E-state index in [0.717, 1.165) is 11.8 Å². The lowest BCUT2D eigenvalue weighted by Crippen LogP contribution is -2.43. The predicted molar refractivity (Wildman–Crippen MR) is 66.1 cm³/mol. The Bertz CT molecular complexity index is 352. The van der Waals surface area contributed by atoms with E-state index in [4.69, 9.17) is 0 Å². The van der Waals surface area contributed by atoms with Gasteiger partial charge in [-0.15, -0.1) is 0 Å². The van der Waals surface area contributed by atoms with Crippen molar-refractivity contribution in [3.05, 3.63) is 11.1 Å². The molecular weight excluding hydrogens is 196 g/mol. The lowest BCUT2D eigenvalue weighted by molar-refractivity contribution is 0.0888. The maximum atomic E-state index is 9.52. The molecule has 90 valence electrons. The number of aliphatic hydroxyl groups excluding tert-OH is 1. The number of fused-ring (bicyclic) bond motifs is 3. The lowest BCUT2D eigenvalue weighted by atomic mass is 9.51. The summed E-state index contributed by atoms with van der Waals surface area (Å²) in [7, 11) is 0. The van der Waals surface area contributed by atoms with Crippen molar-refractivity contribution in [2.24, 2.45) is 22.7 Å². The number of hydrogen-bond donors (Lipinski definition) is 1. The van der Waals surface area contributed by atoms with Crippen LogP contribution in [0.2, 0.25) is 0 Å². The summed E-state index contributed by atoms with van der Waals surface area (Å²) in [6, 6.07) is 0. The molecule has 0 aromatic heterocycles. The third-order valence-electron chi connectivity index (χ3n) is 5.68. The van der Waals surface area contributed by atoms with Crippen LogP contribution in [0.3, 0.4) is 0 Å². The monoisotopic (exact) mass is 220 g/mol. The maximum Gasteiger partial charge on any atom is 0.0644 e. The summed E-state index contributed by atoms with van der Waals surface area (Å²) in [6.07, 6.45) is 6.58. The Hall–Kier alpha value is -0.300. The fourth-order valence-corrected chi connectivity index (χ4v) is 4.89. The molecule has 1 nitrogen and oxygen atoms in total. The van der Waals surface area contributed by atoms with Crippen molar-refractivity contribution >= 4 is 0 Å². The summed E-state index contributed by atoms with van der Waals surface area (Å²) in [5.41, 5.74) is 4.03. The summed E-state index contributed by atoms with van der Waals surface area (Å²) in [5, 5.41) is 9.52. The minimum atomic E-state index is 0.314. The van der Waals surface area contributed by atoms with Crippen LogP contribution in [0.15, 0.2) is 11.1 Å². The van der Waals surface area contributed by atoms with Crippen LogP contribution in [0, 0.1) is 22.7 Å². The molecule has 3 rings (SSSR count). The maximum absolute atomic E-state index is 9.52. The van der Waals surface area contributed by atoms with Gasteiger partial charge in [0.1, 0.15) is 0 Å². The van der Waals surface area contributed by atoms with Crippen LogP contribution in [-0.4, -0.2) is 11.7 Å². The van der Waals surface area contributed by atoms with Gasteiger partial charge in [-0.1, -0.05) is 26.3 Å². The second kappa shape index (κ2) is 3.13. The highest BCUT2D eigenvalue weighted by Gasteiger charge is 2.55. The van der Waals surface area contributed by atoms with Crippen LogP contribution in [0.4, 0.5) is 0 Å². The van der Waals surface area contributed by atoms with Crippen molar-refractivity contribution in [1.29, 1.82) is 0 Å². The average molecular weight is 220 g/mol. The van der Waals surface area contributed by atoms with Gasteiger partial charge in [-0.25, -0.2) is 0 Å². The largest absolute Gasteiger partial charge is 0.392 e. The molecule has 0 radical (unpaired) electrons. The van der Waals surface area contributed by atoms with E-state index >= 15 is 0 Å². The Kier molecular flexibility index (Phi) is 2.12. The molecule has 3 atom stereocenters. The second-order valence-corrected chi connectivity index (χ2v) is 7.30. The molecule has 3 aliphatic carbocycles. The molecule has 0 spiro atoms. The fraction of sp³-hybridized carbons (Fsp3) is 0.867. The Labute approximate surface area is 98.9 Å². The molecule has 0 aromatic rings. The van der Waals surface area contributed by atoms with Crippen LogP contribution in [-0.2, 0) is 0 Å². The summed E-state index contributed by atoms with van der Waals surface area (Å²) < 4.78 is 0. The van der Waals surface area contributed by atoms with Crippen LogP contribution < -0.4 is 0 Å². The van der Waals surface area contributed by atoms with Gasteiger partial charge in [0.2, 0.25) is 0 Å². The first-order valence-electron chi connectivity index (χ1n) is 6.78. The van der Waals surface area contributed by atoms with E-state index in [1.54, 1.807) is 5.57 Å². The van der Waals surface area contributed by atoms with E-state index in [2.05, 4.69) is 20.8 Å². The molecule has 1 heteroatoms. The molecule has 0 unspecified atom stereocenters. The van der Waals surface area contributed by atoms with E-state index in [1.165, 1.54) is 37.7 Å². The average Bonchev–Trinajstić information content (AvgIpc) is 2.49. The third-order valence-corrected chi connectivity index (χ3v) is 5.68. The highest BCUT2D eigenvalue weighted by atomic mass is 16.3. The molecule has 3 aliphatic rings.